The fourth-order valence-electron chi connectivity index (χ4n) is 2.96. The van der Waals surface area contributed by atoms with Gasteiger partial charge in [-0.05, 0) is 49.6 Å². The van der Waals surface area contributed by atoms with E-state index in [2.05, 4.69) is 5.32 Å². The lowest BCUT2D eigenvalue weighted by Gasteiger charge is -2.11. The Labute approximate surface area is 159 Å². The van der Waals surface area contributed by atoms with Gasteiger partial charge in [-0.1, -0.05) is 34.8 Å². The molecular formula is C17H14Cl3N3S. The van der Waals surface area contributed by atoms with Crippen LogP contribution in [0.1, 0.15) is 18.4 Å². The van der Waals surface area contributed by atoms with E-state index in [-0.39, 0.29) is 0 Å². The SMILES string of the molecule is Clc1ccc(Cl)c(-n2nc(-c3ccc(Cl)s3)c3c2NCCCC3)c1. The van der Waals surface area contributed by atoms with E-state index in [0.29, 0.717) is 10.0 Å². The summed E-state index contributed by atoms with van der Waals surface area (Å²) in [4.78, 5) is 1.07. The molecule has 3 aromatic rings. The molecule has 1 N–H and O–H groups in total. The van der Waals surface area contributed by atoms with Crippen LogP contribution in [-0.4, -0.2) is 16.3 Å². The first-order chi connectivity index (χ1) is 11.6. The van der Waals surface area contributed by atoms with Crippen LogP contribution in [0.5, 0.6) is 0 Å². The van der Waals surface area contributed by atoms with Crippen LogP contribution in [0.4, 0.5) is 5.82 Å². The maximum atomic E-state index is 6.41. The number of nitrogens with zero attached hydrogens (tertiary/aromatic N) is 2. The molecule has 0 saturated carbocycles. The van der Waals surface area contributed by atoms with Crippen LogP contribution in [0, 0.1) is 0 Å². The van der Waals surface area contributed by atoms with Crippen molar-refractivity contribution in [2.24, 2.45) is 0 Å². The molecule has 0 radical (unpaired) electrons. The maximum Gasteiger partial charge on any atom is 0.133 e. The van der Waals surface area contributed by atoms with Crippen LogP contribution < -0.4 is 5.32 Å². The van der Waals surface area contributed by atoms with Gasteiger partial charge < -0.3 is 5.32 Å². The molecule has 0 fully saturated rings. The molecule has 24 heavy (non-hydrogen) atoms. The minimum Gasteiger partial charge on any atom is -0.370 e. The first-order valence-corrected chi connectivity index (χ1v) is 9.65. The van der Waals surface area contributed by atoms with E-state index in [1.54, 1.807) is 12.1 Å². The molecule has 4 rings (SSSR count). The minimum absolute atomic E-state index is 0.617. The summed E-state index contributed by atoms with van der Waals surface area (Å²) >= 11 is 20.2. The lowest BCUT2D eigenvalue weighted by molar-refractivity contribution is 0.780. The van der Waals surface area contributed by atoms with Gasteiger partial charge in [0, 0.05) is 17.1 Å². The molecule has 1 aromatic carbocycles. The number of aromatic nitrogens is 2. The highest BCUT2D eigenvalue weighted by Gasteiger charge is 2.23. The zero-order valence-electron chi connectivity index (χ0n) is 12.7. The zero-order chi connectivity index (χ0) is 16.7. The second-order valence-corrected chi connectivity index (χ2v) is 8.23. The minimum atomic E-state index is 0.617. The summed E-state index contributed by atoms with van der Waals surface area (Å²) in [6.45, 7) is 0.918. The van der Waals surface area contributed by atoms with Gasteiger partial charge in [0.05, 0.1) is 19.9 Å². The van der Waals surface area contributed by atoms with Gasteiger partial charge in [-0.15, -0.1) is 11.3 Å². The Hall–Kier alpha value is -1.20. The van der Waals surface area contributed by atoms with E-state index >= 15 is 0 Å². The number of thiophene rings is 1. The third-order valence-electron chi connectivity index (χ3n) is 4.07. The molecule has 3 heterocycles. The van der Waals surface area contributed by atoms with Gasteiger partial charge in [0.1, 0.15) is 11.5 Å². The molecule has 0 unspecified atom stereocenters. The van der Waals surface area contributed by atoms with Crippen molar-refractivity contribution in [3.8, 4) is 16.3 Å². The molecule has 1 aliphatic heterocycles. The molecule has 0 spiro atoms. The number of nitrogens with one attached hydrogen (secondary N) is 1. The highest BCUT2D eigenvalue weighted by molar-refractivity contribution is 7.19. The molecule has 7 heteroatoms. The van der Waals surface area contributed by atoms with E-state index in [4.69, 9.17) is 39.9 Å². The number of halogens is 3. The molecule has 0 bridgehead atoms. The van der Waals surface area contributed by atoms with Crippen molar-refractivity contribution in [2.75, 3.05) is 11.9 Å². The first-order valence-electron chi connectivity index (χ1n) is 7.70. The highest BCUT2D eigenvalue weighted by Crippen LogP contribution is 2.39. The number of rotatable bonds is 2. The van der Waals surface area contributed by atoms with Crippen LogP contribution in [0.25, 0.3) is 16.3 Å². The van der Waals surface area contributed by atoms with E-state index in [0.717, 1.165) is 52.2 Å². The fourth-order valence-corrected chi connectivity index (χ4v) is 4.38. The molecule has 0 atom stereocenters. The summed E-state index contributed by atoms with van der Waals surface area (Å²) in [5.41, 5.74) is 2.96. The van der Waals surface area contributed by atoms with Gasteiger partial charge in [0.15, 0.2) is 0 Å². The quantitative estimate of drug-likeness (QED) is 0.548. The van der Waals surface area contributed by atoms with Gasteiger partial charge in [-0.3, -0.25) is 0 Å². The van der Waals surface area contributed by atoms with Crippen molar-refractivity contribution >= 4 is 52.0 Å². The predicted molar refractivity (Wildman–Crippen MR) is 103 cm³/mol. The Morgan fingerprint density at radius 3 is 2.75 bits per heavy atom. The van der Waals surface area contributed by atoms with Gasteiger partial charge in [-0.25, -0.2) is 4.68 Å². The van der Waals surface area contributed by atoms with Crippen molar-refractivity contribution < 1.29 is 0 Å². The molecular weight excluding hydrogens is 385 g/mol. The predicted octanol–water partition coefficient (Wildman–Crippen LogP) is 6.31. The smallest absolute Gasteiger partial charge is 0.133 e. The monoisotopic (exact) mass is 397 g/mol. The number of hydrogen-bond acceptors (Lipinski definition) is 3. The summed E-state index contributed by atoms with van der Waals surface area (Å²) in [5.74, 6) is 0.996. The second kappa shape index (κ2) is 6.60. The highest BCUT2D eigenvalue weighted by atomic mass is 35.5. The maximum absolute atomic E-state index is 6.41. The van der Waals surface area contributed by atoms with Crippen molar-refractivity contribution in [2.45, 2.75) is 19.3 Å². The lowest BCUT2D eigenvalue weighted by Crippen LogP contribution is -2.07. The van der Waals surface area contributed by atoms with Gasteiger partial charge >= 0.3 is 0 Å². The fraction of sp³-hybridized carbons (Fsp3) is 0.235. The Kier molecular flexibility index (Phi) is 4.48. The van der Waals surface area contributed by atoms with Gasteiger partial charge in [0.2, 0.25) is 0 Å². The summed E-state index contributed by atoms with van der Waals surface area (Å²) in [6, 6.07) is 9.34. The summed E-state index contributed by atoms with van der Waals surface area (Å²) in [5, 5.41) is 9.61. The standard InChI is InChI=1S/C17H14Cl3N3S/c18-10-4-5-12(19)13(9-10)23-17-11(3-1-2-8-21-17)16(22-23)14-6-7-15(20)24-14/h4-7,9,21H,1-3,8H2. The number of anilines is 1. The molecule has 0 aliphatic carbocycles. The molecule has 2 aromatic heterocycles. The van der Waals surface area contributed by atoms with E-state index in [9.17, 15) is 0 Å². The third kappa shape index (κ3) is 2.93. The average molecular weight is 399 g/mol. The lowest BCUT2D eigenvalue weighted by atomic mass is 10.1. The number of hydrogen-bond donors (Lipinski definition) is 1. The van der Waals surface area contributed by atoms with Crippen LogP contribution in [0.3, 0.4) is 0 Å². The topological polar surface area (TPSA) is 29.9 Å². The van der Waals surface area contributed by atoms with Crippen molar-refractivity contribution in [3.05, 3.63) is 50.3 Å². The van der Waals surface area contributed by atoms with E-state index < -0.39 is 0 Å². The first kappa shape index (κ1) is 16.3. The Bertz CT molecular complexity index is 901. The summed E-state index contributed by atoms with van der Waals surface area (Å²) < 4.78 is 2.63. The largest absolute Gasteiger partial charge is 0.370 e. The molecule has 0 saturated heterocycles. The van der Waals surface area contributed by atoms with Crippen molar-refractivity contribution in [1.82, 2.24) is 9.78 Å². The van der Waals surface area contributed by atoms with Crippen LogP contribution >= 0.6 is 46.1 Å². The normalized spacial score (nSPS) is 14.1. The summed E-state index contributed by atoms with van der Waals surface area (Å²) in [6.07, 6.45) is 3.23. The molecule has 3 nitrogen and oxygen atoms in total. The van der Waals surface area contributed by atoms with E-state index in [1.807, 2.05) is 22.9 Å². The summed E-state index contributed by atoms with van der Waals surface area (Å²) in [7, 11) is 0. The van der Waals surface area contributed by atoms with Crippen LogP contribution in [-0.2, 0) is 6.42 Å². The number of benzene rings is 1. The Balaban J connectivity index is 1.94. The Morgan fingerprint density at radius 1 is 1.08 bits per heavy atom. The van der Waals surface area contributed by atoms with E-state index in [1.165, 1.54) is 16.9 Å². The molecule has 0 amide bonds. The Morgan fingerprint density at radius 2 is 1.96 bits per heavy atom. The van der Waals surface area contributed by atoms with Crippen molar-refractivity contribution in [3.63, 3.8) is 0 Å². The molecule has 1 aliphatic rings. The second-order valence-electron chi connectivity index (χ2n) is 5.67. The van der Waals surface area contributed by atoms with Gasteiger partial charge in [-0.2, -0.15) is 5.10 Å². The average Bonchev–Trinajstić information content (AvgIpc) is 3.05. The van der Waals surface area contributed by atoms with Crippen LogP contribution in [0.15, 0.2) is 30.3 Å². The molecule has 124 valence electrons. The van der Waals surface area contributed by atoms with Gasteiger partial charge in [0.25, 0.3) is 0 Å². The van der Waals surface area contributed by atoms with Crippen LogP contribution in [0.2, 0.25) is 14.4 Å². The third-order valence-corrected chi connectivity index (χ3v) is 5.87. The number of fused-ring (bicyclic) bond motifs is 1. The van der Waals surface area contributed by atoms with Crippen molar-refractivity contribution in [1.29, 1.82) is 0 Å². The zero-order valence-corrected chi connectivity index (χ0v) is 15.7.